The van der Waals surface area contributed by atoms with Gasteiger partial charge in [-0.2, -0.15) is 0 Å². The second-order valence-corrected chi connectivity index (χ2v) is 7.26. The van der Waals surface area contributed by atoms with Gasteiger partial charge in [-0.1, -0.05) is 13.3 Å². The Labute approximate surface area is 107 Å². The molecule has 1 aromatic heterocycles. The zero-order valence-electron chi connectivity index (χ0n) is 10.4. The number of rotatable bonds is 6. The Hall–Kier alpha value is -0.430. The molecule has 0 unspecified atom stereocenters. The van der Waals surface area contributed by atoms with Crippen molar-refractivity contribution in [3.05, 3.63) is 16.3 Å². The van der Waals surface area contributed by atoms with Crippen LogP contribution >= 0.6 is 11.3 Å². The van der Waals surface area contributed by atoms with Gasteiger partial charge in [0.05, 0.1) is 11.5 Å². The van der Waals surface area contributed by atoms with Crippen LogP contribution in [0.4, 0.5) is 0 Å². The van der Waals surface area contributed by atoms with Crippen molar-refractivity contribution in [2.45, 2.75) is 50.7 Å². The molecule has 0 radical (unpaired) electrons. The first kappa shape index (κ1) is 14.6. The molecule has 98 valence electrons. The molecule has 1 aromatic rings. The molecule has 0 atom stereocenters. The van der Waals surface area contributed by atoms with Gasteiger partial charge in [-0.25, -0.2) is 13.1 Å². The molecule has 17 heavy (non-hydrogen) atoms. The summed E-state index contributed by atoms with van der Waals surface area (Å²) in [5, 5.41) is 10.8. The molecule has 0 saturated carbocycles. The fourth-order valence-electron chi connectivity index (χ4n) is 1.78. The van der Waals surface area contributed by atoms with Crippen LogP contribution in [0.3, 0.4) is 0 Å². The number of aliphatic hydroxyl groups is 1. The van der Waals surface area contributed by atoms with Crippen LogP contribution in [0, 0.1) is 0 Å². The Bertz CT molecular complexity index is 463. The summed E-state index contributed by atoms with van der Waals surface area (Å²) in [5.74, 6) is 0. The van der Waals surface area contributed by atoms with Crippen molar-refractivity contribution in [1.29, 1.82) is 0 Å². The van der Waals surface area contributed by atoms with Gasteiger partial charge in [-0.15, -0.1) is 11.3 Å². The average molecular weight is 277 g/mol. The predicted octanol–water partition coefficient (Wildman–Crippen LogP) is 2.10. The fraction of sp³-hybridized carbons (Fsp3) is 0.636. The lowest BCUT2D eigenvalue weighted by atomic mass is 10.0. The molecule has 0 fully saturated rings. The fourth-order valence-corrected chi connectivity index (χ4v) is 4.52. The lowest BCUT2D eigenvalue weighted by Crippen LogP contribution is -2.43. The maximum atomic E-state index is 12.1. The Balaban J connectivity index is 2.97. The van der Waals surface area contributed by atoms with Crippen LogP contribution in [0.2, 0.25) is 0 Å². The van der Waals surface area contributed by atoms with Crippen LogP contribution in [0.5, 0.6) is 0 Å². The molecule has 1 rings (SSSR count). The van der Waals surface area contributed by atoms with Crippen molar-refractivity contribution < 1.29 is 13.5 Å². The van der Waals surface area contributed by atoms with Crippen molar-refractivity contribution in [2.24, 2.45) is 0 Å². The molecule has 0 spiro atoms. The van der Waals surface area contributed by atoms with Crippen LogP contribution in [0.1, 0.15) is 38.5 Å². The Morgan fingerprint density at radius 1 is 1.47 bits per heavy atom. The van der Waals surface area contributed by atoms with E-state index in [0.29, 0.717) is 4.88 Å². The normalized spacial score (nSPS) is 12.9. The lowest BCUT2D eigenvalue weighted by Gasteiger charge is -2.25. The molecule has 0 aliphatic heterocycles. The maximum absolute atomic E-state index is 12.1. The topological polar surface area (TPSA) is 66.4 Å². The van der Waals surface area contributed by atoms with E-state index in [-0.39, 0.29) is 11.5 Å². The van der Waals surface area contributed by atoms with Gasteiger partial charge in [0.25, 0.3) is 0 Å². The van der Waals surface area contributed by atoms with Crippen molar-refractivity contribution in [1.82, 2.24) is 4.72 Å². The van der Waals surface area contributed by atoms with E-state index >= 15 is 0 Å². The molecule has 4 nitrogen and oxygen atoms in total. The smallest absolute Gasteiger partial charge is 0.242 e. The first-order valence-corrected chi connectivity index (χ1v) is 7.90. The Kier molecular flexibility index (Phi) is 4.71. The van der Waals surface area contributed by atoms with E-state index in [1.165, 1.54) is 17.4 Å². The SMILES string of the molecule is CCCC(C)(C)NS(=O)(=O)c1ccsc1CO. The number of thiophene rings is 1. The van der Waals surface area contributed by atoms with E-state index in [4.69, 9.17) is 5.11 Å². The van der Waals surface area contributed by atoms with E-state index in [2.05, 4.69) is 4.72 Å². The van der Waals surface area contributed by atoms with Crippen LogP contribution in [0.15, 0.2) is 16.3 Å². The Morgan fingerprint density at radius 3 is 2.65 bits per heavy atom. The predicted molar refractivity (Wildman–Crippen MR) is 69.6 cm³/mol. The minimum absolute atomic E-state index is 0.189. The van der Waals surface area contributed by atoms with Gasteiger partial charge in [0.15, 0.2) is 0 Å². The number of nitrogens with one attached hydrogen (secondary N) is 1. The van der Waals surface area contributed by atoms with Gasteiger partial charge in [-0.3, -0.25) is 0 Å². The second kappa shape index (κ2) is 5.48. The summed E-state index contributed by atoms with van der Waals surface area (Å²) < 4.78 is 27.0. The van der Waals surface area contributed by atoms with E-state index in [1.54, 1.807) is 5.38 Å². The maximum Gasteiger partial charge on any atom is 0.242 e. The van der Waals surface area contributed by atoms with Gasteiger partial charge < -0.3 is 5.11 Å². The minimum Gasteiger partial charge on any atom is -0.391 e. The summed E-state index contributed by atoms with van der Waals surface area (Å²) in [6.45, 7) is 5.49. The molecule has 0 aromatic carbocycles. The molecule has 0 aliphatic carbocycles. The Morgan fingerprint density at radius 2 is 2.12 bits per heavy atom. The third-order valence-electron chi connectivity index (χ3n) is 2.42. The van der Waals surface area contributed by atoms with Gasteiger partial charge >= 0.3 is 0 Å². The number of aliphatic hydroxyl groups excluding tert-OH is 1. The molecule has 0 aliphatic rings. The molecule has 6 heteroatoms. The van der Waals surface area contributed by atoms with Crippen molar-refractivity contribution in [3.63, 3.8) is 0 Å². The zero-order chi connectivity index (χ0) is 13.1. The summed E-state index contributed by atoms with van der Waals surface area (Å²) in [7, 11) is -3.54. The van der Waals surface area contributed by atoms with Gasteiger partial charge in [-0.05, 0) is 31.7 Å². The summed E-state index contributed by atoms with van der Waals surface area (Å²) in [5.41, 5.74) is -0.470. The summed E-state index contributed by atoms with van der Waals surface area (Å²) in [6, 6.07) is 1.53. The molecular formula is C11H19NO3S2. The number of sulfonamides is 1. The van der Waals surface area contributed by atoms with Gasteiger partial charge in [0, 0.05) is 10.4 Å². The first-order chi connectivity index (χ1) is 7.82. The van der Waals surface area contributed by atoms with Crippen LogP contribution in [0.25, 0.3) is 0 Å². The molecular weight excluding hydrogens is 258 g/mol. The third kappa shape index (κ3) is 3.77. The summed E-state index contributed by atoms with van der Waals surface area (Å²) >= 11 is 1.25. The standard InChI is InChI=1S/C11H19NO3S2/c1-4-6-11(2,3)12-17(14,15)10-5-7-16-9(10)8-13/h5,7,12-13H,4,6,8H2,1-3H3. The largest absolute Gasteiger partial charge is 0.391 e. The summed E-state index contributed by atoms with van der Waals surface area (Å²) in [6.07, 6.45) is 1.68. The van der Waals surface area contributed by atoms with Crippen molar-refractivity contribution >= 4 is 21.4 Å². The number of hydrogen-bond acceptors (Lipinski definition) is 4. The molecule has 1 heterocycles. The van der Waals surface area contributed by atoms with E-state index in [9.17, 15) is 8.42 Å². The lowest BCUT2D eigenvalue weighted by molar-refractivity contribution is 0.282. The quantitative estimate of drug-likeness (QED) is 0.837. The summed E-state index contributed by atoms with van der Waals surface area (Å²) in [4.78, 5) is 0.666. The highest BCUT2D eigenvalue weighted by Gasteiger charge is 2.27. The third-order valence-corrected chi connectivity index (χ3v) is 5.24. The average Bonchev–Trinajstić information content (AvgIpc) is 2.63. The van der Waals surface area contributed by atoms with E-state index in [0.717, 1.165) is 12.8 Å². The molecule has 0 bridgehead atoms. The van der Waals surface area contributed by atoms with Crippen LogP contribution in [-0.4, -0.2) is 19.1 Å². The van der Waals surface area contributed by atoms with Gasteiger partial charge in [0.2, 0.25) is 10.0 Å². The highest BCUT2D eigenvalue weighted by atomic mass is 32.2. The second-order valence-electron chi connectivity index (χ2n) is 4.61. The number of hydrogen-bond donors (Lipinski definition) is 2. The molecule has 2 N–H and O–H groups in total. The van der Waals surface area contributed by atoms with Crippen molar-refractivity contribution in [3.8, 4) is 0 Å². The minimum atomic E-state index is -3.54. The van der Waals surface area contributed by atoms with Crippen LogP contribution < -0.4 is 4.72 Å². The molecule has 0 amide bonds. The first-order valence-electron chi connectivity index (χ1n) is 5.53. The monoisotopic (exact) mass is 277 g/mol. The van der Waals surface area contributed by atoms with E-state index < -0.39 is 15.6 Å². The highest BCUT2D eigenvalue weighted by molar-refractivity contribution is 7.89. The van der Waals surface area contributed by atoms with E-state index in [1.807, 2.05) is 20.8 Å². The van der Waals surface area contributed by atoms with Gasteiger partial charge in [0.1, 0.15) is 0 Å². The van der Waals surface area contributed by atoms with Crippen molar-refractivity contribution in [2.75, 3.05) is 0 Å². The highest BCUT2D eigenvalue weighted by Crippen LogP contribution is 2.24. The zero-order valence-corrected chi connectivity index (χ0v) is 12.0. The van der Waals surface area contributed by atoms with Crippen LogP contribution in [-0.2, 0) is 16.6 Å². The molecule has 0 saturated heterocycles.